The molecule has 3 heterocycles. The van der Waals surface area contributed by atoms with E-state index in [1.165, 1.54) is 0 Å². The molecule has 10 unspecified atom stereocenters. The summed E-state index contributed by atoms with van der Waals surface area (Å²) in [6.07, 6.45) is -1.39. The predicted molar refractivity (Wildman–Crippen MR) is 117 cm³/mol. The van der Waals surface area contributed by atoms with Crippen molar-refractivity contribution in [3.63, 3.8) is 0 Å². The first-order valence-corrected chi connectivity index (χ1v) is 11.5. The van der Waals surface area contributed by atoms with Crippen molar-refractivity contribution in [3.8, 4) is 0 Å². The molecule has 7 N–H and O–H groups in total. The minimum absolute atomic E-state index is 0.0357. The van der Waals surface area contributed by atoms with Gasteiger partial charge in [0.25, 0.3) is 0 Å². The quantitative estimate of drug-likeness (QED) is 0.212. The van der Waals surface area contributed by atoms with Gasteiger partial charge in [0.2, 0.25) is 12.1 Å². The summed E-state index contributed by atoms with van der Waals surface area (Å²) in [5.74, 6) is -2.20. The zero-order valence-electron chi connectivity index (χ0n) is 19.2. The first-order valence-electron chi connectivity index (χ1n) is 11.5. The Morgan fingerprint density at radius 1 is 1.03 bits per heavy atom. The van der Waals surface area contributed by atoms with Gasteiger partial charge in [0.15, 0.2) is 0 Å². The van der Waals surface area contributed by atoms with Gasteiger partial charge in [0, 0.05) is 25.4 Å². The highest BCUT2D eigenvalue weighted by Gasteiger charge is 2.68. The van der Waals surface area contributed by atoms with Crippen LogP contribution in [0.15, 0.2) is 24.5 Å². The molecule has 11 nitrogen and oxygen atoms in total. The number of likely N-dealkylation sites (N-methyl/N-ethyl adjacent to an activating group) is 2. The number of fused-ring (bicyclic) bond motifs is 2. The largest absolute Gasteiger partial charge is 0.390 e. The number of ether oxygens (including phenoxy) is 3. The van der Waals surface area contributed by atoms with Crippen molar-refractivity contribution < 1.29 is 34.6 Å². The summed E-state index contributed by atoms with van der Waals surface area (Å²) in [4.78, 5) is 4.01. The van der Waals surface area contributed by atoms with E-state index in [1.807, 2.05) is 12.1 Å². The number of nitrogens with one attached hydrogen (secondary N) is 3. The summed E-state index contributed by atoms with van der Waals surface area (Å²) in [5.41, 5.74) is -0.630. The molecule has 1 aliphatic carbocycles. The van der Waals surface area contributed by atoms with Gasteiger partial charge in [-0.25, -0.2) is 0 Å². The molecule has 0 amide bonds. The van der Waals surface area contributed by atoms with Crippen molar-refractivity contribution in [3.05, 3.63) is 30.1 Å². The number of hydrogen-bond donors (Lipinski definition) is 7. The highest BCUT2D eigenvalue weighted by atomic mass is 16.8. The topological polar surface area (TPSA) is 158 Å². The molecule has 2 saturated heterocycles. The molecule has 11 heteroatoms. The molecule has 33 heavy (non-hydrogen) atoms. The fourth-order valence-electron chi connectivity index (χ4n) is 5.31. The molecule has 186 valence electrons. The number of nitrogens with zero attached hydrogens (tertiary/aromatic N) is 1. The third-order valence-electron chi connectivity index (χ3n) is 7.11. The lowest BCUT2D eigenvalue weighted by Crippen LogP contribution is -2.81. The molecule has 0 aromatic carbocycles. The average Bonchev–Trinajstić information content (AvgIpc) is 2.78. The van der Waals surface area contributed by atoms with Gasteiger partial charge in [-0.15, -0.1) is 0 Å². The Balaban J connectivity index is 1.52. The lowest BCUT2D eigenvalue weighted by molar-refractivity contribution is -0.482. The van der Waals surface area contributed by atoms with E-state index >= 15 is 0 Å². The van der Waals surface area contributed by atoms with E-state index in [-0.39, 0.29) is 13.0 Å². The van der Waals surface area contributed by atoms with Crippen LogP contribution in [0.5, 0.6) is 0 Å². The minimum Gasteiger partial charge on any atom is -0.390 e. The Hall–Kier alpha value is -1.25. The van der Waals surface area contributed by atoms with Gasteiger partial charge >= 0.3 is 0 Å². The summed E-state index contributed by atoms with van der Waals surface area (Å²) in [7, 11) is 3.29. The fraction of sp³-hybridized carbons (Fsp3) is 0.773. The number of aliphatic hydroxyl groups excluding tert-OH is 2. The van der Waals surface area contributed by atoms with E-state index in [4.69, 9.17) is 14.2 Å². The van der Waals surface area contributed by atoms with E-state index in [9.17, 15) is 20.4 Å². The van der Waals surface area contributed by atoms with Gasteiger partial charge in [-0.05, 0) is 51.7 Å². The van der Waals surface area contributed by atoms with Crippen molar-refractivity contribution >= 4 is 0 Å². The number of pyridine rings is 1. The molecular formula is C22H36N4O7. The van der Waals surface area contributed by atoms with Crippen LogP contribution in [0.4, 0.5) is 0 Å². The highest BCUT2D eigenvalue weighted by molar-refractivity contribution is 5.13. The standard InChI is InChI=1S/C22H36N4O7/c1-12-10-21(29,11-26-9-6-13-4-7-25-8-5-13)22(30)20(31-12)32-19-17(28)14(23-2)16(27)15(24-3)18(19)33-22/h4-5,7-8,12,14-20,23-24,26-30H,6,9-11H2,1-3H3. The van der Waals surface area contributed by atoms with Crippen LogP contribution >= 0.6 is 0 Å². The molecule has 1 aromatic rings. The molecule has 1 aromatic heterocycles. The van der Waals surface area contributed by atoms with Crippen LogP contribution in [0, 0.1) is 0 Å². The Bertz CT molecular complexity index is 791. The smallest absolute Gasteiger partial charge is 0.249 e. The van der Waals surface area contributed by atoms with Crippen molar-refractivity contribution in [2.24, 2.45) is 0 Å². The molecule has 0 spiro atoms. The van der Waals surface area contributed by atoms with Crippen LogP contribution in [0.2, 0.25) is 0 Å². The molecule has 0 bridgehead atoms. The second-order valence-corrected chi connectivity index (χ2v) is 9.29. The average molecular weight is 469 g/mol. The normalized spacial score (nSPS) is 45.3. The molecule has 3 aliphatic rings. The second kappa shape index (κ2) is 9.78. The van der Waals surface area contributed by atoms with Crippen LogP contribution in [-0.2, 0) is 20.6 Å². The van der Waals surface area contributed by atoms with Gasteiger partial charge in [0.1, 0.15) is 23.9 Å². The van der Waals surface area contributed by atoms with Crippen molar-refractivity contribution in [2.75, 3.05) is 27.2 Å². The Morgan fingerprint density at radius 2 is 1.73 bits per heavy atom. The highest BCUT2D eigenvalue weighted by Crippen LogP contribution is 2.46. The van der Waals surface area contributed by atoms with Crippen LogP contribution in [0.3, 0.4) is 0 Å². The SMILES string of the molecule is CNC1C(O)C(NC)C2OC3(O)C(OC(C)CC3(O)CNCCc3ccncc3)OC2C1O. The molecule has 1 saturated carbocycles. The monoisotopic (exact) mass is 468 g/mol. The summed E-state index contributed by atoms with van der Waals surface area (Å²) in [6.45, 7) is 2.38. The van der Waals surface area contributed by atoms with E-state index in [0.29, 0.717) is 6.54 Å². The fourth-order valence-corrected chi connectivity index (χ4v) is 5.31. The van der Waals surface area contributed by atoms with Crippen molar-refractivity contribution in [2.45, 2.75) is 80.0 Å². The van der Waals surface area contributed by atoms with E-state index in [1.54, 1.807) is 33.4 Å². The minimum atomic E-state index is -2.20. The first kappa shape index (κ1) is 24.9. The van der Waals surface area contributed by atoms with E-state index < -0.39 is 60.3 Å². The molecular weight excluding hydrogens is 432 g/mol. The maximum atomic E-state index is 11.6. The molecule has 4 rings (SSSR count). The summed E-state index contributed by atoms with van der Waals surface area (Å²) in [6, 6.07) is 2.51. The van der Waals surface area contributed by atoms with E-state index in [2.05, 4.69) is 20.9 Å². The molecule has 10 atom stereocenters. The summed E-state index contributed by atoms with van der Waals surface area (Å²) in [5, 5.41) is 53.9. The Kier molecular flexibility index (Phi) is 7.37. The Morgan fingerprint density at radius 3 is 2.39 bits per heavy atom. The molecule has 2 aliphatic heterocycles. The number of aliphatic hydroxyl groups is 4. The summed E-state index contributed by atoms with van der Waals surface area (Å²) < 4.78 is 17.9. The van der Waals surface area contributed by atoms with Crippen LogP contribution in [0.25, 0.3) is 0 Å². The number of aromatic nitrogens is 1. The summed E-state index contributed by atoms with van der Waals surface area (Å²) >= 11 is 0. The van der Waals surface area contributed by atoms with Gasteiger partial charge < -0.3 is 50.6 Å². The van der Waals surface area contributed by atoms with Gasteiger partial charge in [-0.1, -0.05) is 0 Å². The zero-order chi connectivity index (χ0) is 23.8. The second-order valence-electron chi connectivity index (χ2n) is 9.29. The molecule has 3 fully saturated rings. The zero-order valence-corrected chi connectivity index (χ0v) is 19.2. The molecule has 0 radical (unpaired) electrons. The van der Waals surface area contributed by atoms with Gasteiger partial charge in [-0.3, -0.25) is 4.98 Å². The third-order valence-corrected chi connectivity index (χ3v) is 7.11. The predicted octanol–water partition coefficient (Wildman–Crippen LogP) is -2.54. The maximum Gasteiger partial charge on any atom is 0.249 e. The lowest BCUT2D eigenvalue weighted by atomic mass is 9.77. The van der Waals surface area contributed by atoms with Crippen molar-refractivity contribution in [1.29, 1.82) is 0 Å². The van der Waals surface area contributed by atoms with Gasteiger partial charge in [0.05, 0.1) is 24.3 Å². The number of rotatable bonds is 7. The maximum absolute atomic E-state index is 11.6. The Labute approximate surface area is 193 Å². The van der Waals surface area contributed by atoms with Crippen LogP contribution in [-0.4, -0.2) is 113 Å². The number of hydrogen-bond acceptors (Lipinski definition) is 11. The van der Waals surface area contributed by atoms with Crippen LogP contribution < -0.4 is 16.0 Å². The lowest BCUT2D eigenvalue weighted by Gasteiger charge is -2.60. The van der Waals surface area contributed by atoms with Crippen molar-refractivity contribution in [1.82, 2.24) is 20.9 Å². The van der Waals surface area contributed by atoms with E-state index in [0.717, 1.165) is 12.0 Å². The first-order chi connectivity index (χ1) is 15.7. The van der Waals surface area contributed by atoms with Crippen LogP contribution in [0.1, 0.15) is 18.9 Å². The van der Waals surface area contributed by atoms with Gasteiger partial charge in [-0.2, -0.15) is 0 Å². The third kappa shape index (κ3) is 4.43.